The molecular formula is C39H50O2. The van der Waals surface area contributed by atoms with Crippen LogP contribution in [0.25, 0.3) is 0 Å². The van der Waals surface area contributed by atoms with Gasteiger partial charge in [0.05, 0.1) is 0 Å². The average molecular weight is 551 g/mol. The van der Waals surface area contributed by atoms with Crippen molar-refractivity contribution in [2.75, 3.05) is 0 Å². The molecule has 4 aromatic rings. The van der Waals surface area contributed by atoms with Crippen molar-refractivity contribution in [3.05, 3.63) is 129 Å². The monoisotopic (exact) mass is 550 g/mol. The standard InChI is InChI=1S/C21H28O.C18H22O/c1-20(2,3)17-14-19(22)18(21(4,5)6)13-16(17)12-15-10-8-7-9-11-15;1-13-10-15(12-14-8-6-5-7-9-14)17(19)16(11-13)18(2,3)4/h7-11,13-14,22H,12H2,1-6H3;5-11,19H,12H2,1-4H3. The van der Waals surface area contributed by atoms with Crippen molar-refractivity contribution in [3.63, 3.8) is 0 Å². The highest BCUT2D eigenvalue weighted by Crippen LogP contribution is 2.38. The minimum Gasteiger partial charge on any atom is -0.508 e. The summed E-state index contributed by atoms with van der Waals surface area (Å²) in [5.41, 5.74) is 9.23. The van der Waals surface area contributed by atoms with Crippen molar-refractivity contribution in [2.45, 2.75) is 98.3 Å². The molecule has 0 saturated heterocycles. The average Bonchev–Trinajstić information content (AvgIpc) is 2.86. The molecule has 4 aromatic carbocycles. The molecule has 0 bridgehead atoms. The third kappa shape index (κ3) is 8.73. The molecule has 0 aromatic heterocycles. The van der Waals surface area contributed by atoms with E-state index in [0.717, 1.165) is 29.5 Å². The van der Waals surface area contributed by atoms with Gasteiger partial charge < -0.3 is 10.2 Å². The largest absolute Gasteiger partial charge is 0.508 e. The second kappa shape index (κ2) is 12.6. The topological polar surface area (TPSA) is 40.5 Å². The van der Waals surface area contributed by atoms with Crippen LogP contribution in [-0.2, 0) is 29.1 Å². The van der Waals surface area contributed by atoms with Crippen LogP contribution in [-0.4, -0.2) is 10.2 Å². The van der Waals surface area contributed by atoms with E-state index in [-0.39, 0.29) is 16.2 Å². The predicted octanol–water partition coefficient (Wildman–Crippen LogP) is 10.2. The zero-order valence-corrected chi connectivity index (χ0v) is 26.9. The summed E-state index contributed by atoms with van der Waals surface area (Å²) in [5.74, 6) is 0.858. The van der Waals surface area contributed by atoms with E-state index in [1.807, 2.05) is 30.3 Å². The Morgan fingerprint density at radius 3 is 1.37 bits per heavy atom. The van der Waals surface area contributed by atoms with Gasteiger partial charge in [-0.25, -0.2) is 0 Å². The number of aromatic hydroxyl groups is 2. The molecule has 218 valence electrons. The van der Waals surface area contributed by atoms with Crippen LogP contribution in [0.2, 0.25) is 0 Å². The van der Waals surface area contributed by atoms with Gasteiger partial charge in [0, 0.05) is 6.42 Å². The Balaban J connectivity index is 0.000000228. The summed E-state index contributed by atoms with van der Waals surface area (Å²) < 4.78 is 0. The molecule has 2 nitrogen and oxygen atoms in total. The lowest BCUT2D eigenvalue weighted by atomic mass is 9.77. The second-order valence-electron chi connectivity index (χ2n) is 14.4. The SMILES string of the molecule is CC(C)(C)c1cc(Cc2ccccc2)c(C(C)(C)C)cc1O.Cc1cc(Cc2ccccc2)c(O)c(C(C)(C)C)c1. The van der Waals surface area contributed by atoms with Crippen molar-refractivity contribution >= 4 is 0 Å². The number of phenols is 2. The Morgan fingerprint density at radius 2 is 0.927 bits per heavy atom. The van der Waals surface area contributed by atoms with Crippen LogP contribution < -0.4 is 0 Å². The minimum atomic E-state index is -0.0636. The summed E-state index contributed by atoms with van der Waals surface area (Å²) >= 11 is 0. The Kier molecular flexibility index (Phi) is 9.80. The molecule has 0 saturated carbocycles. The molecule has 4 rings (SSSR count). The second-order valence-corrected chi connectivity index (χ2v) is 14.4. The summed E-state index contributed by atoms with van der Waals surface area (Å²) in [6.45, 7) is 21.5. The summed E-state index contributed by atoms with van der Waals surface area (Å²) in [4.78, 5) is 0. The Labute approximate surface area is 249 Å². The van der Waals surface area contributed by atoms with Crippen molar-refractivity contribution in [3.8, 4) is 11.5 Å². The lowest BCUT2D eigenvalue weighted by Crippen LogP contribution is -2.18. The first-order chi connectivity index (χ1) is 19.0. The van der Waals surface area contributed by atoms with Crippen molar-refractivity contribution in [2.24, 2.45) is 0 Å². The molecule has 0 radical (unpaired) electrons. The van der Waals surface area contributed by atoms with Gasteiger partial charge in [-0.3, -0.25) is 0 Å². The van der Waals surface area contributed by atoms with E-state index >= 15 is 0 Å². The van der Waals surface area contributed by atoms with E-state index < -0.39 is 0 Å². The first kappa shape index (κ1) is 32.0. The first-order valence-corrected chi connectivity index (χ1v) is 14.7. The van der Waals surface area contributed by atoms with Crippen LogP contribution in [0.15, 0.2) is 84.9 Å². The number of hydrogen-bond acceptors (Lipinski definition) is 2. The number of benzene rings is 4. The molecule has 0 fully saturated rings. The van der Waals surface area contributed by atoms with E-state index in [1.54, 1.807) is 0 Å². The highest BCUT2D eigenvalue weighted by atomic mass is 16.3. The third-order valence-electron chi connectivity index (χ3n) is 7.45. The lowest BCUT2D eigenvalue weighted by molar-refractivity contribution is 0.441. The molecule has 0 atom stereocenters. The van der Waals surface area contributed by atoms with Crippen LogP contribution >= 0.6 is 0 Å². The molecular weight excluding hydrogens is 500 g/mol. The fraction of sp³-hybridized carbons (Fsp3) is 0.385. The van der Waals surface area contributed by atoms with Gasteiger partial charge in [-0.2, -0.15) is 0 Å². The van der Waals surface area contributed by atoms with Gasteiger partial charge in [-0.1, -0.05) is 147 Å². The predicted molar refractivity (Wildman–Crippen MR) is 176 cm³/mol. The summed E-state index contributed by atoms with van der Waals surface area (Å²) in [7, 11) is 0. The van der Waals surface area contributed by atoms with Gasteiger partial charge in [-0.15, -0.1) is 0 Å². The van der Waals surface area contributed by atoms with Crippen LogP contribution in [0, 0.1) is 6.92 Å². The van der Waals surface area contributed by atoms with Crippen LogP contribution in [0.3, 0.4) is 0 Å². The number of aryl methyl sites for hydroxylation is 1. The molecule has 2 N–H and O–H groups in total. The fourth-order valence-corrected chi connectivity index (χ4v) is 5.27. The maximum absolute atomic E-state index is 10.5. The molecule has 0 aliphatic carbocycles. The smallest absolute Gasteiger partial charge is 0.122 e. The summed E-state index contributed by atoms with van der Waals surface area (Å²) in [5, 5.41) is 21.0. The Morgan fingerprint density at radius 1 is 0.488 bits per heavy atom. The van der Waals surface area contributed by atoms with Crippen LogP contribution in [0.5, 0.6) is 11.5 Å². The number of hydrogen-bond donors (Lipinski definition) is 2. The van der Waals surface area contributed by atoms with Gasteiger partial charge in [0.15, 0.2) is 0 Å². The van der Waals surface area contributed by atoms with Crippen molar-refractivity contribution in [1.82, 2.24) is 0 Å². The third-order valence-corrected chi connectivity index (χ3v) is 7.45. The normalized spacial score (nSPS) is 12.0. The molecule has 2 heteroatoms. The van der Waals surface area contributed by atoms with E-state index in [1.165, 1.54) is 27.8 Å². The van der Waals surface area contributed by atoms with Crippen molar-refractivity contribution in [1.29, 1.82) is 0 Å². The van der Waals surface area contributed by atoms with E-state index in [9.17, 15) is 10.2 Å². The Hall–Kier alpha value is -3.52. The minimum absolute atomic E-state index is 0.0119. The lowest BCUT2D eigenvalue weighted by Gasteiger charge is -2.28. The quantitative estimate of drug-likeness (QED) is 0.265. The molecule has 0 unspecified atom stereocenters. The maximum Gasteiger partial charge on any atom is 0.122 e. The zero-order chi connectivity index (χ0) is 30.6. The molecule has 41 heavy (non-hydrogen) atoms. The molecule has 0 spiro atoms. The van der Waals surface area contributed by atoms with Crippen LogP contribution in [0.1, 0.15) is 107 Å². The number of phenolic OH excluding ortho intramolecular Hbond substituents is 2. The zero-order valence-electron chi connectivity index (χ0n) is 26.9. The van der Waals surface area contributed by atoms with E-state index in [2.05, 4.69) is 124 Å². The van der Waals surface area contributed by atoms with E-state index in [4.69, 9.17) is 0 Å². The first-order valence-electron chi connectivity index (χ1n) is 14.7. The molecule has 0 aliphatic rings. The maximum atomic E-state index is 10.5. The van der Waals surface area contributed by atoms with Gasteiger partial charge in [0.2, 0.25) is 0 Å². The highest BCUT2D eigenvalue weighted by molar-refractivity contribution is 5.50. The fourth-order valence-electron chi connectivity index (χ4n) is 5.27. The van der Waals surface area contributed by atoms with Crippen molar-refractivity contribution < 1.29 is 10.2 Å². The molecule has 0 heterocycles. The van der Waals surface area contributed by atoms with Gasteiger partial charge in [-0.05, 0) is 74.6 Å². The molecule has 0 aliphatic heterocycles. The van der Waals surface area contributed by atoms with Gasteiger partial charge in [0.25, 0.3) is 0 Å². The van der Waals surface area contributed by atoms with E-state index in [0.29, 0.717) is 11.5 Å². The van der Waals surface area contributed by atoms with Gasteiger partial charge >= 0.3 is 0 Å². The van der Waals surface area contributed by atoms with Gasteiger partial charge in [0.1, 0.15) is 11.5 Å². The Bertz CT molecular complexity index is 1430. The highest BCUT2D eigenvalue weighted by Gasteiger charge is 2.25. The summed E-state index contributed by atoms with van der Waals surface area (Å²) in [6.07, 6.45) is 1.67. The summed E-state index contributed by atoms with van der Waals surface area (Å²) in [6, 6.07) is 29.1. The number of rotatable bonds is 4. The molecule has 0 amide bonds. The van der Waals surface area contributed by atoms with Crippen LogP contribution in [0.4, 0.5) is 0 Å².